The van der Waals surface area contributed by atoms with Crippen LogP contribution in [0.1, 0.15) is 46.1 Å². The molecule has 0 aromatic carbocycles. The van der Waals surface area contributed by atoms with E-state index in [0.29, 0.717) is 11.5 Å². The van der Waals surface area contributed by atoms with Gasteiger partial charge in [-0.3, -0.25) is 0 Å². The van der Waals surface area contributed by atoms with Crippen molar-refractivity contribution < 1.29 is 4.42 Å². The highest BCUT2D eigenvalue weighted by atomic mass is 16.3. The zero-order valence-corrected chi connectivity index (χ0v) is 11.0. The predicted molar refractivity (Wildman–Crippen MR) is 68.6 cm³/mol. The molecular weight excluding hydrogens is 198 g/mol. The molecule has 0 bridgehead atoms. The summed E-state index contributed by atoms with van der Waals surface area (Å²) < 4.78 is 5.15. The number of rotatable bonds is 7. The average Bonchev–Trinajstić information content (AvgIpc) is 2.77. The van der Waals surface area contributed by atoms with Crippen LogP contribution in [0.2, 0.25) is 0 Å². The average molecular weight is 223 g/mol. The quantitative estimate of drug-likeness (QED) is 0.763. The van der Waals surface area contributed by atoms with Crippen molar-refractivity contribution in [2.75, 3.05) is 6.54 Å². The Morgan fingerprint density at radius 2 is 2.00 bits per heavy atom. The lowest BCUT2D eigenvalue weighted by Crippen LogP contribution is -2.38. The van der Waals surface area contributed by atoms with E-state index >= 15 is 0 Å². The van der Waals surface area contributed by atoms with Crippen LogP contribution in [0.4, 0.5) is 0 Å². The second-order valence-corrected chi connectivity index (χ2v) is 5.05. The molecule has 1 aromatic heterocycles. The van der Waals surface area contributed by atoms with Crippen molar-refractivity contribution in [3.8, 4) is 0 Å². The van der Waals surface area contributed by atoms with Crippen molar-refractivity contribution >= 4 is 0 Å². The summed E-state index contributed by atoms with van der Waals surface area (Å²) in [5.41, 5.74) is 1.68. The van der Waals surface area contributed by atoms with Crippen LogP contribution < -0.4 is 5.32 Å². The Morgan fingerprint density at radius 1 is 1.31 bits per heavy atom. The molecule has 1 aromatic rings. The Hall–Kier alpha value is -0.760. The Morgan fingerprint density at radius 3 is 2.44 bits per heavy atom. The molecule has 0 saturated heterocycles. The van der Waals surface area contributed by atoms with Crippen molar-refractivity contribution in [2.24, 2.45) is 5.41 Å². The fourth-order valence-electron chi connectivity index (χ4n) is 2.06. The SMILES string of the molecule is CCC(CC)(CNC(C)C)Cc1ccoc1. The summed E-state index contributed by atoms with van der Waals surface area (Å²) in [7, 11) is 0. The largest absolute Gasteiger partial charge is 0.472 e. The van der Waals surface area contributed by atoms with Gasteiger partial charge in [0.05, 0.1) is 12.5 Å². The molecule has 0 saturated carbocycles. The molecule has 0 unspecified atom stereocenters. The molecule has 2 nitrogen and oxygen atoms in total. The van der Waals surface area contributed by atoms with Crippen LogP contribution in [0.25, 0.3) is 0 Å². The molecule has 0 atom stereocenters. The monoisotopic (exact) mass is 223 g/mol. The number of hydrogen-bond acceptors (Lipinski definition) is 2. The van der Waals surface area contributed by atoms with Gasteiger partial charge in [-0.25, -0.2) is 0 Å². The van der Waals surface area contributed by atoms with Crippen LogP contribution in [0.5, 0.6) is 0 Å². The van der Waals surface area contributed by atoms with Gasteiger partial charge in [0.15, 0.2) is 0 Å². The van der Waals surface area contributed by atoms with Crippen molar-refractivity contribution in [2.45, 2.75) is 53.0 Å². The van der Waals surface area contributed by atoms with Gasteiger partial charge in [0.25, 0.3) is 0 Å². The predicted octanol–water partition coefficient (Wildman–Crippen LogP) is 3.63. The van der Waals surface area contributed by atoms with Gasteiger partial charge >= 0.3 is 0 Å². The van der Waals surface area contributed by atoms with Crippen molar-refractivity contribution in [3.63, 3.8) is 0 Å². The van der Waals surface area contributed by atoms with Crippen LogP contribution in [-0.2, 0) is 6.42 Å². The maximum atomic E-state index is 5.15. The maximum Gasteiger partial charge on any atom is 0.0934 e. The second-order valence-electron chi connectivity index (χ2n) is 5.05. The Balaban J connectivity index is 2.63. The third-order valence-corrected chi connectivity index (χ3v) is 3.54. The summed E-state index contributed by atoms with van der Waals surface area (Å²) in [6, 6.07) is 2.64. The summed E-state index contributed by atoms with van der Waals surface area (Å²) in [4.78, 5) is 0. The van der Waals surface area contributed by atoms with Gasteiger partial charge in [-0.2, -0.15) is 0 Å². The summed E-state index contributed by atoms with van der Waals surface area (Å²) in [6.45, 7) is 10.1. The van der Waals surface area contributed by atoms with Gasteiger partial charge in [0.2, 0.25) is 0 Å². The zero-order chi connectivity index (χ0) is 12.0. The van der Waals surface area contributed by atoms with Crippen LogP contribution in [-0.4, -0.2) is 12.6 Å². The molecule has 0 spiro atoms. The number of furan rings is 1. The van der Waals surface area contributed by atoms with E-state index in [9.17, 15) is 0 Å². The molecule has 0 amide bonds. The van der Waals surface area contributed by atoms with Gasteiger partial charge in [0, 0.05) is 12.6 Å². The van der Waals surface area contributed by atoms with Crippen molar-refractivity contribution in [1.82, 2.24) is 5.32 Å². The van der Waals surface area contributed by atoms with E-state index in [0.717, 1.165) is 13.0 Å². The Kier molecular flexibility index (Phi) is 5.07. The van der Waals surface area contributed by atoms with Gasteiger partial charge in [0.1, 0.15) is 0 Å². The van der Waals surface area contributed by atoms with E-state index in [1.54, 1.807) is 6.26 Å². The third kappa shape index (κ3) is 3.67. The van der Waals surface area contributed by atoms with E-state index in [1.807, 2.05) is 6.26 Å². The minimum atomic E-state index is 0.369. The standard InChI is InChI=1S/C14H25NO/c1-5-14(6-2,11-15-12(3)4)9-13-7-8-16-10-13/h7-8,10,12,15H,5-6,9,11H2,1-4H3. The van der Waals surface area contributed by atoms with Crippen LogP contribution in [0, 0.1) is 5.41 Å². The molecule has 0 aliphatic rings. The van der Waals surface area contributed by atoms with Crippen molar-refractivity contribution in [3.05, 3.63) is 24.2 Å². The molecule has 0 aliphatic carbocycles. The van der Waals surface area contributed by atoms with Crippen LogP contribution in [0.3, 0.4) is 0 Å². The first-order valence-corrected chi connectivity index (χ1v) is 6.36. The first kappa shape index (κ1) is 13.3. The van der Waals surface area contributed by atoms with E-state index in [4.69, 9.17) is 4.42 Å². The lowest BCUT2D eigenvalue weighted by molar-refractivity contribution is 0.239. The molecule has 92 valence electrons. The summed E-state index contributed by atoms with van der Waals surface area (Å²) >= 11 is 0. The van der Waals surface area contributed by atoms with Crippen LogP contribution >= 0.6 is 0 Å². The first-order chi connectivity index (χ1) is 7.62. The van der Waals surface area contributed by atoms with Crippen LogP contribution in [0.15, 0.2) is 23.0 Å². The second kappa shape index (κ2) is 6.09. The smallest absolute Gasteiger partial charge is 0.0934 e. The highest BCUT2D eigenvalue weighted by Crippen LogP contribution is 2.30. The normalized spacial score (nSPS) is 12.3. The molecule has 1 rings (SSSR count). The molecular formula is C14H25NO. The zero-order valence-electron chi connectivity index (χ0n) is 11.0. The van der Waals surface area contributed by atoms with Crippen molar-refractivity contribution in [1.29, 1.82) is 0 Å². The molecule has 0 aliphatic heterocycles. The van der Waals surface area contributed by atoms with E-state index in [1.165, 1.54) is 18.4 Å². The molecule has 0 radical (unpaired) electrons. The maximum absolute atomic E-state index is 5.15. The third-order valence-electron chi connectivity index (χ3n) is 3.54. The highest BCUT2D eigenvalue weighted by molar-refractivity contribution is 5.09. The van der Waals surface area contributed by atoms with E-state index in [2.05, 4.69) is 39.1 Å². The van der Waals surface area contributed by atoms with Gasteiger partial charge in [-0.15, -0.1) is 0 Å². The van der Waals surface area contributed by atoms with E-state index < -0.39 is 0 Å². The fourth-order valence-corrected chi connectivity index (χ4v) is 2.06. The fraction of sp³-hybridized carbons (Fsp3) is 0.714. The number of hydrogen-bond donors (Lipinski definition) is 1. The summed E-state index contributed by atoms with van der Waals surface area (Å²) in [5, 5.41) is 3.57. The molecule has 2 heteroatoms. The van der Waals surface area contributed by atoms with Gasteiger partial charge in [-0.1, -0.05) is 27.7 Å². The summed E-state index contributed by atoms with van der Waals surface area (Å²) in [5.74, 6) is 0. The van der Waals surface area contributed by atoms with Gasteiger partial charge in [-0.05, 0) is 36.3 Å². The minimum Gasteiger partial charge on any atom is -0.472 e. The summed E-state index contributed by atoms with van der Waals surface area (Å²) in [6.07, 6.45) is 7.15. The Bertz CT molecular complexity index is 273. The molecule has 1 N–H and O–H groups in total. The number of nitrogens with one attached hydrogen (secondary N) is 1. The highest BCUT2D eigenvalue weighted by Gasteiger charge is 2.26. The molecule has 1 heterocycles. The first-order valence-electron chi connectivity index (χ1n) is 6.36. The van der Waals surface area contributed by atoms with E-state index in [-0.39, 0.29) is 0 Å². The minimum absolute atomic E-state index is 0.369. The topological polar surface area (TPSA) is 25.2 Å². The van der Waals surface area contributed by atoms with Gasteiger partial charge < -0.3 is 9.73 Å². The Labute approximate surface area is 99.4 Å². The lowest BCUT2D eigenvalue weighted by Gasteiger charge is -2.32. The lowest BCUT2D eigenvalue weighted by atomic mass is 9.77. The molecule has 16 heavy (non-hydrogen) atoms. The molecule has 0 fully saturated rings.